The predicted molar refractivity (Wildman–Crippen MR) is 570 cm³/mol. The second-order valence-electron chi connectivity index (χ2n) is 43.8. The molecule has 0 saturated heterocycles. The Balaban J connectivity index is 0.000000963. The number of nitrogens with zero attached hydrogens (tertiary/aromatic N) is 8. The van der Waals surface area contributed by atoms with Crippen LogP contribution in [-0.2, 0) is 73.0 Å². The Kier molecular flexibility index (Phi) is 69.5. The summed E-state index contributed by atoms with van der Waals surface area (Å²) in [6, 6.07) is 1.82. The molecule has 5 aliphatic carbocycles. The smallest absolute Gasteiger partial charge is 0.355 e. The average molecular weight is 2040 g/mol. The van der Waals surface area contributed by atoms with Crippen LogP contribution in [-0.4, -0.2) is 277 Å². The Bertz CT molecular complexity index is 3350. The summed E-state index contributed by atoms with van der Waals surface area (Å²) in [4.78, 5) is 117. The van der Waals surface area contributed by atoms with Crippen LogP contribution in [0.25, 0.3) is 0 Å². The largest absolute Gasteiger partial charge is 0.394 e. The second-order valence-corrected chi connectivity index (χ2v) is 59.7. The first kappa shape index (κ1) is 132. The highest BCUT2D eigenvalue weighted by molar-refractivity contribution is 6.68. The summed E-state index contributed by atoms with van der Waals surface area (Å²) in [7, 11) is -11.9. The molecule has 29 nitrogen and oxygen atoms in total. The van der Waals surface area contributed by atoms with Crippen molar-refractivity contribution in [3.05, 3.63) is 0 Å². The molecule has 0 aromatic rings. The molecule has 0 radical (unpaired) electrons. The van der Waals surface area contributed by atoms with Crippen molar-refractivity contribution in [2.24, 2.45) is 65.3 Å². The van der Waals surface area contributed by atoms with Gasteiger partial charge in [0.05, 0.1) is 50.9 Å². The lowest BCUT2D eigenvalue weighted by Gasteiger charge is -2.39. The third kappa shape index (κ3) is 58.7. The molecule has 0 aliphatic heterocycles. The normalized spacial score (nSPS) is 16.9. The Morgan fingerprint density at radius 2 is 0.616 bits per heavy atom. The van der Waals surface area contributed by atoms with E-state index < -0.39 is 42.8 Å². The maximum Gasteiger partial charge on any atom is 0.355 e. The van der Waals surface area contributed by atoms with Gasteiger partial charge in [-0.3, -0.25) is 9.59 Å². The summed E-state index contributed by atoms with van der Waals surface area (Å²) in [5.74, 6) is 1.88. The number of carbonyl (C=O) groups is 4. The SMILES string of the molecule is CC(CN=C=O)CC(C)(C)CN=C=O.CC(CN=C=O)CC(C)(C)CN=C=O.CCO[Si](C)(CN(C(=O)CCCC(C)(C)CC(C)CNC(=O)N(C[Si](C)(OCC)OCC)C1CCCCC1)C1CCCCC1)OCC.CCO[Si](C)(CN(C(=O)CCCC(C)CC(C)(C)CNC(=O)N(C[Si](C)(OCC)OCC)C1CCCCC1)C1CCCCC1)OCC.CCO[Si](C)(CNC1CCCCC1)OCC. The van der Waals surface area contributed by atoms with Gasteiger partial charge >= 0.3 is 54.9 Å². The van der Waals surface area contributed by atoms with Gasteiger partial charge in [-0.1, -0.05) is 186 Å². The van der Waals surface area contributed by atoms with Crippen molar-refractivity contribution in [2.45, 2.75) is 440 Å². The van der Waals surface area contributed by atoms with Gasteiger partial charge < -0.3 is 79.8 Å². The van der Waals surface area contributed by atoms with Gasteiger partial charge in [-0.2, -0.15) is 0 Å². The molecule has 6 amide bonds. The summed E-state index contributed by atoms with van der Waals surface area (Å²) in [5, 5.41) is 10.3. The van der Waals surface area contributed by atoms with Crippen molar-refractivity contribution in [1.82, 2.24) is 35.6 Å². The highest BCUT2D eigenvalue weighted by atomic mass is 28.4. The van der Waals surface area contributed by atoms with E-state index in [0.717, 1.165) is 122 Å². The van der Waals surface area contributed by atoms with Gasteiger partial charge in [0.15, 0.2) is 0 Å². The monoisotopic (exact) mass is 2040 g/mol. The van der Waals surface area contributed by atoms with Crippen molar-refractivity contribution in [3.63, 3.8) is 0 Å². The average Bonchev–Trinajstić information content (AvgIpc) is 0.835. The summed E-state index contributed by atoms with van der Waals surface area (Å²) < 4.78 is 60.8. The molecule has 5 saturated carbocycles. The molecule has 5 rings (SSSR count). The van der Waals surface area contributed by atoms with Crippen molar-refractivity contribution in [2.75, 3.05) is 136 Å². The van der Waals surface area contributed by atoms with Crippen molar-refractivity contribution in [1.29, 1.82) is 0 Å². The highest BCUT2D eigenvalue weighted by Gasteiger charge is 2.44. The molecule has 0 aromatic heterocycles. The fraction of sp³-hybridized carbons (Fsp3) is 0.923. The van der Waals surface area contributed by atoms with Crippen LogP contribution in [0, 0.1) is 45.3 Å². The number of hydrogen-bond acceptors (Lipinski definition) is 23. The first-order chi connectivity index (χ1) is 65.3. The van der Waals surface area contributed by atoms with Gasteiger partial charge in [0, 0.05) is 128 Å². The molecule has 0 spiro atoms. The Morgan fingerprint density at radius 1 is 0.341 bits per heavy atom. The lowest BCUT2D eigenvalue weighted by atomic mass is 9.79. The van der Waals surface area contributed by atoms with Crippen LogP contribution < -0.4 is 16.0 Å². The zero-order valence-corrected chi connectivity index (χ0v) is 97.7. The van der Waals surface area contributed by atoms with E-state index in [1.165, 1.54) is 133 Å². The van der Waals surface area contributed by atoms with Gasteiger partial charge in [0.1, 0.15) is 0 Å². The number of nitrogens with one attached hydrogen (secondary N) is 3. The summed E-state index contributed by atoms with van der Waals surface area (Å²) in [6.07, 6.45) is 47.7. The molecule has 3 N–H and O–H groups in total. The van der Waals surface area contributed by atoms with Crippen LogP contribution in [0.1, 0.15) is 377 Å². The minimum atomic E-state index is -2.50. The molecule has 804 valence electrons. The molecule has 5 fully saturated rings. The first-order valence-electron chi connectivity index (χ1n) is 54.3. The Hall–Kier alpha value is -4.36. The maximum absolute atomic E-state index is 13.8. The number of rotatable bonds is 63. The zero-order chi connectivity index (χ0) is 104. The van der Waals surface area contributed by atoms with Gasteiger partial charge in [0.25, 0.3) is 0 Å². The van der Waals surface area contributed by atoms with E-state index in [1.54, 1.807) is 0 Å². The number of urea groups is 2. The zero-order valence-electron chi connectivity index (χ0n) is 92.7. The minimum absolute atomic E-state index is 0.0128. The van der Waals surface area contributed by atoms with Crippen LogP contribution in [0.15, 0.2) is 20.0 Å². The lowest BCUT2D eigenvalue weighted by Crippen LogP contribution is -2.58. The minimum Gasteiger partial charge on any atom is -0.394 e. The van der Waals surface area contributed by atoms with Crippen LogP contribution in [0.3, 0.4) is 0 Å². The molecular formula is C104H205N11O18Si5. The van der Waals surface area contributed by atoms with E-state index in [4.69, 9.17) is 44.3 Å². The fourth-order valence-electron chi connectivity index (χ4n) is 21.4. The Morgan fingerprint density at radius 3 is 0.935 bits per heavy atom. The van der Waals surface area contributed by atoms with Crippen molar-refractivity contribution in [3.8, 4) is 0 Å². The molecule has 34 heteroatoms. The van der Waals surface area contributed by atoms with E-state index in [-0.39, 0.29) is 57.6 Å². The van der Waals surface area contributed by atoms with Gasteiger partial charge in [0.2, 0.25) is 36.1 Å². The first-order valence-corrected chi connectivity index (χ1v) is 66.9. The number of hydrogen-bond donors (Lipinski definition) is 3. The Labute approximate surface area is 845 Å². The standard InChI is InChI=1S/2C36H73N3O6Si2.C12H27NO2Si.2C10H16N2O2/c1-10-42-46(8,43-11-2)29-38(32-22-16-14-17-23-32)34(40)26-20-21-31(5)27-36(6,7)28-37-35(41)39(33-24-18-15-19-25-33)30-47(9,44-12-3)45-13-4;1-10-42-46(8,43-11-2)29-38(32-21-16-14-17-22-32)34(40)25-20-26-36(6,7)27-31(5)28-37-35(41)39(33-23-18-15-19-24-33)30-47(9,44-12-3)45-13-4;1-4-14-16(3,15-5-2)11-13-12-9-7-6-8-10-12;2*1-9(5-11-7-13)4-10(2,3)6-12-8-14/h2*31-33H,10-30H2,1-9H3,(H,37,41);12-13H,4-11H2,1-3H3;2*9H,4-6H2,1-3H3. The summed E-state index contributed by atoms with van der Waals surface area (Å²) >= 11 is 0. The van der Waals surface area contributed by atoms with E-state index >= 15 is 0 Å². The molecule has 4 unspecified atom stereocenters. The molecule has 4 atom stereocenters. The maximum atomic E-state index is 13.8. The molecule has 5 aliphatic rings. The van der Waals surface area contributed by atoms with Gasteiger partial charge in [-0.15, -0.1) is 0 Å². The van der Waals surface area contributed by atoms with E-state index in [0.29, 0.717) is 171 Å². The number of isocyanates is 4. The predicted octanol–water partition coefficient (Wildman–Crippen LogP) is 22.2. The van der Waals surface area contributed by atoms with E-state index in [9.17, 15) is 38.4 Å². The summed E-state index contributed by atoms with van der Waals surface area (Å²) in [5.41, 5.74) is -0.0860. The number of aliphatic imine (C=N–C) groups is 4. The van der Waals surface area contributed by atoms with Crippen LogP contribution in [0.2, 0.25) is 32.7 Å². The van der Waals surface area contributed by atoms with Crippen LogP contribution in [0.4, 0.5) is 9.59 Å². The molecule has 0 heterocycles. The van der Waals surface area contributed by atoms with Crippen LogP contribution >= 0.6 is 0 Å². The van der Waals surface area contributed by atoms with Crippen molar-refractivity contribution < 1.29 is 82.6 Å². The quantitative estimate of drug-likeness (QED) is 0.0289. The van der Waals surface area contributed by atoms with E-state index in [2.05, 4.69) is 120 Å². The molecule has 0 bridgehead atoms. The highest BCUT2D eigenvalue weighted by Crippen LogP contribution is 2.36. The van der Waals surface area contributed by atoms with Gasteiger partial charge in [-0.05, 0) is 256 Å². The molecule has 138 heavy (non-hydrogen) atoms. The summed E-state index contributed by atoms with van der Waals surface area (Å²) in [6.45, 7) is 66.0. The number of amides is 6. The molecular weight excluding hydrogens is 1830 g/mol. The third-order valence-electron chi connectivity index (χ3n) is 27.2. The third-order valence-corrected chi connectivity index (χ3v) is 40.7. The van der Waals surface area contributed by atoms with Gasteiger partial charge in [-0.25, -0.2) is 48.7 Å². The van der Waals surface area contributed by atoms with E-state index in [1.807, 2.05) is 121 Å². The van der Waals surface area contributed by atoms with Crippen molar-refractivity contribution >= 4 is 91.0 Å². The molecule has 0 aromatic carbocycles. The lowest BCUT2D eigenvalue weighted by molar-refractivity contribution is -0.134. The topological polar surface area (TPSA) is 327 Å². The van der Waals surface area contributed by atoms with Crippen LogP contribution in [0.5, 0.6) is 0 Å². The second kappa shape index (κ2) is 72.8. The fourth-order valence-corrected chi connectivity index (χ4v) is 33.7. The number of carbonyl (C=O) groups excluding carboxylic acids is 8.